The zero-order valence-electron chi connectivity index (χ0n) is 14.3. The molecule has 1 aromatic carbocycles. The molecule has 2 heteroatoms. The molecule has 0 amide bonds. The van der Waals surface area contributed by atoms with Gasteiger partial charge in [-0.2, -0.15) is 0 Å². The van der Waals surface area contributed by atoms with Crippen molar-refractivity contribution in [3.8, 4) is 0 Å². The maximum Gasteiger partial charge on any atom is 0.120 e. The first-order valence-corrected chi connectivity index (χ1v) is 9.17. The Morgan fingerprint density at radius 3 is 2.27 bits per heavy atom. The molecule has 0 spiro atoms. The fourth-order valence-electron chi connectivity index (χ4n) is 3.86. The number of hydrogen-bond donors (Lipinski definition) is 1. The molecule has 0 saturated heterocycles. The standard InChI is InChI=1S/C20H32O2/c1-3-5-7-17-10-14-19(15-11-17)20(22-21)18-12-8-16(6-4-2)9-13-18/h10-11,14-16,18,20-21H,3-9,12-13H2,1-2H3. The zero-order valence-corrected chi connectivity index (χ0v) is 14.3. The molecule has 0 heterocycles. The van der Waals surface area contributed by atoms with Crippen molar-refractivity contribution in [3.05, 3.63) is 35.4 Å². The summed E-state index contributed by atoms with van der Waals surface area (Å²) in [5.74, 6) is 1.34. The van der Waals surface area contributed by atoms with Gasteiger partial charge in [0.2, 0.25) is 0 Å². The molecule has 2 rings (SSSR count). The molecule has 1 unspecified atom stereocenters. The summed E-state index contributed by atoms with van der Waals surface area (Å²) >= 11 is 0. The molecule has 0 aliphatic heterocycles. The number of benzene rings is 1. The smallest absolute Gasteiger partial charge is 0.120 e. The van der Waals surface area contributed by atoms with Gasteiger partial charge in [-0.15, -0.1) is 0 Å². The molecule has 0 aromatic heterocycles. The van der Waals surface area contributed by atoms with Crippen LogP contribution in [0.25, 0.3) is 0 Å². The second-order valence-corrected chi connectivity index (χ2v) is 6.94. The maximum absolute atomic E-state index is 9.41. The summed E-state index contributed by atoms with van der Waals surface area (Å²) in [5.41, 5.74) is 2.51. The molecule has 1 aromatic rings. The van der Waals surface area contributed by atoms with Crippen LogP contribution in [0.5, 0.6) is 0 Å². The average molecular weight is 304 g/mol. The van der Waals surface area contributed by atoms with E-state index in [9.17, 15) is 5.26 Å². The summed E-state index contributed by atoms with van der Waals surface area (Å²) in [6.07, 6.45) is 11.0. The van der Waals surface area contributed by atoms with E-state index in [4.69, 9.17) is 4.89 Å². The molecule has 1 fully saturated rings. The van der Waals surface area contributed by atoms with Gasteiger partial charge in [0.05, 0.1) is 0 Å². The second-order valence-electron chi connectivity index (χ2n) is 6.94. The van der Waals surface area contributed by atoms with Crippen molar-refractivity contribution in [3.63, 3.8) is 0 Å². The van der Waals surface area contributed by atoms with Crippen molar-refractivity contribution in [2.75, 3.05) is 0 Å². The van der Waals surface area contributed by atoms with Crippen molar-refractivity contribution in [1.82, 2.24) is 0 Å². The lowest BCUT2D eigenvalue weighted by molar-refractivity contribution is -0.296. The molecule has 124 valence electrons. The second kappa shape index (κ2) is 9.32. The van der Waals surface area contributed by atoms with E-state index >= 15 is 0 Å². The van der Waals surface area contributed by atoms with Gasteiger partial charge in [-0.3, -0.25) is 5.26 Å². The first-order valence-electron chi connectivity index (χ1n) is 9.17. The molecular weight excluding hydrogens is 272 g/mol. The molecule has 1 aliphatic carbocycles. The summed E-state index contributed by atoms with van der Waals surface area (Å²) < 4.78 is 0. The number of hydrogen-bond acceptors (Lipinski definition) is 2. The Kier molecular flexibility index (Phi) is 7.41. The van der Waals surface area contributed by atoms with Crippen molar-refractivity contribution in [2.45, 2.75) is 77.7 Å². The van der Waals surface area contributed by atoms with Crippen LogP contribution in [0.3, 0.4) is 0 Å². The molecule has 1 N–H and O–H groups in total. The largest absolute Gasteiger partial charge is 0.251 e. The fourth-order valence-corrected chi connectivity index (χ4v) is 3.86. The van der Waals surface area contributed by atoms with E-state index in [2.05, 4.69) is 38.1 Å². The molecule has 2 nitrogen and oxygen atoms in total. The lowest BCUT2D eigenvalue weighted by Gasteiger charge is -2.32. The molecule has 1 saturated carbocycles. The van der Waals surface area contributed by atoms with Gasteiger partial charge in [0.15, 0.2) is 0 Å². The van der Waals surface area contributed by atoms with Crippen LogP contribution in [0, 0.1) is 11.8 Å². The number of aryl methyl sites for hydroxylation is 1. The molecular formula is C20H32O2. The highest BCUT2D eigenvalue weighted by Gasteiger charge is 2.29. The summed E-state index contributed by atoms with van der Waals surface area (Å²) in [6, 6.07) is 8.67. The van der Waals surface area contributed by atoms with Crippen LogP contribution in [-0.2, 0) is 11.3 Å². The fraction of sp³-hybridized carbons (Fsp3) is 0.700. The van der Waals surface area contributed by atoms with Gasteiger partial charge in [-0.05, 0) is 48.6 Å². The van der Waals surface area contributed by atoms with E-state index in [-0.39, 0.29) is 6.10 Å². The summed E-state index contributed by atoms with van der Waals surface area (Å²) in [6.45, 7) is 4.49. The third-order valence-corrected chi connectivity index (χ3v) is 5.26. The normalized spacial score (nSPS) is 23.4. The SMILES string of the molecule is CCCCc1ccc(C(OO)C2CCC(CCC)CC2)cc1. The molecule has 1 atom stereocenters. The van der Waals surface area contributed by atoms with E-state index < -0.39 is 0 Å². The van der Waals surface area contributed by atoms with Crippen molar-refractivity contribution in [1.29, 1.82) is 0 Å². The Hall–Kier alpha value is -0.860. The van der Waals surface area contributed by atoms with E-state index in [0.29, 0.717) is 5.92 Å². The van der Waals surface area contributed by atoms with Crippen LogP contribution >= 0.6 is 0 Å². The van der Waals surface area contributed by atoms with Gasteiger partial charge in [-0.25, -0.2) is 4.89 Å². The minimum atomic E-state index is -0.150. The van der Waals surface area contributed by atoms with Crippen LogP contribution in [0.15, 0.2) is 24.3 Å². The van der Waals surface area contributed by atoms with Crippen LogP contribution in [0.2, 0.25) is 0 Å². The quantitative estimate of drug-likeness (QED) is 0.460. The van der Waals surface area contributed by atoms with E-state index in [1.165, 1.54) is 56.9 Å². The van der Waals surface area contributed by atoms with E-state index in [1.54, 1.807) is 0 Å². The van der Waals surface area contributed by atoms with Gasteiger partial charge < -0.3 is 0 Å². The van der Waals surface area contributed by atoms with Crippen molar-refractivity contribution < 1.29 is 10.1 Å². The Morgan fingerprint density at radius 1 is 1.05 bits per heavy atom. The summed E-state index contributed by atoms with van der Waals surface area (Å²) in [7, 11) is 0. The maximum atomic E-state index is 9.41. The van der Waals surface area contributed by atoms with Gasteiger partial charge >= 0.3 is 0 Å². The predicted octanol–water partition coefficient (Wildman–Crippen LogP) is 6.17. The minimum Gasteiger partial charge on any atom is -0.251 e. The molecule has 1 aliphatic rings. The Balaban J connectivity index is 1.93. The highest BCUT2D eigenvalue weighted by Crippen LogP contribution is 2.39. The monoisotopic (exact) mass is 304 g/mol. The lowest BCUT2D eigenvalue weighted by Crippen LogP contribution is -2.22. The third-order valence-electron chi connectivity index (χ3n) is 5.26. The summed E-state index contributed by atoms with van der Waals surface area (Å²) in [5, 5.41) is 9.41. The Morgan fingerprint density at radius 2 is 1.73 bits per heavy atom. The zero-order chi connectivity index (χ0) is 15.8. The predicted molar refractivity (Wildman–Crippen MR) is 91.9 cm³/mol. The number of unbranched alkanes of at least 4 members (excludes halogenated alkanes) is 1. The Bertz CT molecular complexity index is 404. The highest BCUT2D eigenvalue weighted by molar-refractivity contribution is 5.25. The molecule has 0 bridgehead atoms. The van der Waals surface area contributed by atoms with Gasteiger partial charge in [-0.1, -0.05) is 70.2 Å². The topological polar surface area (TPSA) is 29.5 Å². The Labute approximate surface area is 135 Å². The number of rotatable bonds is 8. The third kappa shape index (κ3) is 4.82. The molecule has 22 heavy (non-hydrogen) atoms. The molecule has 0 radical (unpaired) electrons. The van der Waals surface area contributed by atoms with Crippen LogP contribution in [0.4, 0.5) is 0 Å². The summed E-state index contributed by atoms with van der Waals surface area (Å²) in [4.78, 5) is 4.89. The first kappa shape index (κ1) is 17.5. The average Bonchev–Trinajstić information content (AvgIpc) is 2.56. The van der Waals surface area contributed by atoms with Gasteiger partial charge in [0.25, 0.3) is 0 Å². The van der Waals surface area contributed by atoms with Crippen LogP contribution in [-0.4, -0.2) is 5.26 Å². The van der Waals surface area contributed by atoms with E-state index in [1.807, 2.05) is 0 Å². The van der Waals surface area contributed by atoms with E-state index in [0.717, 1.165) is 17.9 Å². The van der Waals surface area contributed by atoms with Gasteiger partial charge in [0.1, 0.15) is 6.10 Å². The lowest BCUT2D eigenvalue weighted by atomic mass is 9.76. The van der Waals surface area contributed by atoms with Crippen molar-refractivity contribution in [2.24, 2.45) is 11.8 Å². The first-order chi connectivity index (χ1) is 10.8. The minimum absolute atomic E-state index is 0.150. The highest BCUT2D eigenvalue weighted by atomic mass is 17.1. The van der Waals surface area contributed by atoms with Crippen molar-refractivity contribution >= 4 is 0 Å². The van der Waals surface area contributed by atoms with Crippen LogP contribution < -0.4 is 0 Å². The van der Waals surface area contributed by atoms with Gasteiger partial charge in [0, 0.05) is 0 Å². The van der Waals surface area contributed by atoms with Crippen LogP contribution in [0.1, 0.15) is 82.4 Å².